The van der Waals surface area contributed by atoms with E-state index in [1.165, 1.54) is 61.5 Å². The first-order valence-corrected chi connectivity index (χ1v) is 20.1. The summed E-state index contributed by atoms with van der Waals surface area (Å²) in [5.74, 6) is -4.27. The van der Waals surface area contributed by atoms with Gasteiger partial charge in [-0.05, 0) is 61.4 Å². The minimum absolute atomic E-state index is 0.0274. The van der Waals surface area contributed by atoms with Crippen LogP contribution in [0.15, 0.2) is 76.0 Å². The fourth-order valence-corrected chi connectivity index (χ4v) is 7.82. The number of phenolic OH excluding ortho intramolecular Hbond substituents is 4. The topological polar surface area (TPSA) is 345 Å². The van der Waals surface area contributed by atoms with E-state index in [4.69, 9.17) is 32.8 Å². The molecular weight excluding hydrogens is 852 g/mol. The number of carbonyl (C=O) groups is 1. The molecule has 0 spiro atoms. The van der Waals surface area contributed by atoms with Crippen LogP contribution in [0, 0.1) is 5.92 Å². The highest BCUT2D eigenvalue weighted by atomic mass is 16.7. The quantitative estimate of drug-likeness (QED) is 0.0603. The number of aromatic hydroxyl groups is 4. The molecule has 7 rings (SSSR count). The van der Waals surface area contributed by atoms with Crippen LogP contribution in [0.3, 0.4) is 0 Å². The van der Waals surface area contributed by atoms with Gasteiger partial charge >= 0.3 is 5.97 Å². The molecule has 346 valence electrons. The van der Waals surface area contributed by atoms with Crippen LogP contribution in [-0.4, -0.2) is 166 Å². The average molecular weight is 901 g/mol. The lowest BCUT2D eigenvalue weighted by atomic mass is 9.81. The summed E-state index contributed by atoms with van der Waals surface area (Å²) in [5.41, 5.74) is -0.699. The molecule has 3 heterocycles. The SMILES string of the molecule is C[C@@H]1O[C@@H](OC[C@H]2O[C@@H](Oc3c(-c4ccc(O)cc4)oc4cc(O)cc(O)c4c3=O)[C@H](O)[C@@H](O)[C@H]2OC(=O)/C=C/c2ccc(O)cc2)[C@H](O)[C@H](O)[C@H]1O[C@@H]1C[C@H](CO)[C@@H](O)[C@H](O)[C@H]1O. The fraction of sp³-hybridized carbons (Fsp3) is 0.442. The second kappa shape index (κ2) is 19.4. The number of hydrogen-bond donors (Lipinski definition) is 12. The predicted octanol–water partition coefficient (Wildman–Crippen LogP) is -0.935. The Labute approximate surface area is 362 Å². The average Bonchev–Trinajstić information content (AvgIpc) is 3.26. The second-order valence-corrected chi connectivity index (χ2v) is 15.8. The first-order chi connectivity index (χ1) is 30.4. The summed E-state index contributed by atoms with van der Waals surface area (Å²) in [4.78, 5) is 27.2. The van der Waals surface area contributed by atoms with Crippen LogP contribution in [0.25, 0.3) is 28.4 Å². The first-order valence-electron chi connectivity index (χ1n) is 20.1. The number of fused-ring (bicyclic) bond motifs is 1. The van der Waals surface area contributed by atoms with Gasteiger partial charge in [0.15, 0.2) is 18.2 Å². The Bertz CT molecular complexity index is 2330. The molecule has 1 aromatic heterocycles. The number of aliphatic hydroxyl groups excluding tert-OH is 8. The number of phenols is 4. The van der Waals surface area contributed by atoms with E-state index in [2.05, 4.69) is 0 Å². The van der Waals surface area contributed by atoms with Crippen molar-refractivity contribution in [2.45, 2.75) is 99.2 Å². The van der Waals surface area contributed by atoms with Gasteiger partial charge in [0.25, 0.3) is 0 Å². The molecule has 12 N–H and O–H groups in total. The molecule has 0 radical (unpaired) electrons. The molecule has 3 aromatic carbocycles. The van der Waals surface area contributed by atoms with Crippen molar-refractivity contribution in [1.82, 2.24) is 0 Å². The highest BCUT2D eigenvalue weighted by Crippen LogP contribution is 2.38. The van der Waals surface area contributed by atoms with Gasteiger partial charge in [-0.2, -0.15) is 0 Å². The van der Waals surface area contributed by atoms with Gasteiger partial charge in [-0.25, -0.2) is 4.79 Å². The van der Waals surface area contributed by atoms with Crippen LogP contribution >= 0.6 is 0 Å². The van der Waals surface area contributed by atoms with E-state index in [-0.39, 0.29) is 34.8 Å². The van der Waals surface area contributed by atoms with E-state index >= 15 is 0 Å². The predicted molar refractivity (Wildman–Crippen MR) is 215 cm³/mol. The Kier molecular flexibility index (Phi) is 14.1. The summed E-state index contributed by atoms with van der Waals surface area (Å²) in [6.07, 6.45) is -21.1. The Morgan fingerprint density at radius 3 is 2.06 bits per heavy atom. The van der Waals surface area contributed by atoms with Crippen molar-refractivity contribution >= 4 is 23.0 Å². The number of rotatable bonds is 12. The first kappa shape index (κ1) is 46.6. The van der Waals surface area contributed by atoms with E-state index in [9.17, 15) is 70.9 Å². The largest absolute Gasteiger partial charge is 0.508 e. The zero-order valence-corrected chi connectivity index (χ0v) is 33.8. The van der Waals surface area contributed by atoms with Gasteiger partial charge in [-0.1, -0.05) is 12.1 Å². The maximum absolute atomic E-state index is 14.0. The van der Waals surface area contributed by atoms with E-state index in [0.717, 1.165) is 18.2 Å². The van der Waals surface area contributed by atoms with Gasteiger partial charge in [0.1, 0.15) is 82.8 Å². The van der Waals surface area contributed by atoms with Crippen molar-refractivity contribution in [3.05, 3.63) is 82.5 Å². The molecule has 64 heavy (non-hydrogen) atoms. The Morgan fingerprint density at radius 2 is 1.39 bits per heavy atom. The molecule has 0 unspecified atom stereocenters. The zero-order valence-electron chi connectivity index (χ0n) is 33.8. The molecule has 21 nitrogen and oxygen atoms in total. The van der Waals surface area contributed by atoms with Crippen molar-refractivity contribution in [2.75, 3.05) is 13.2 Å². The summed E-state index contributed by atoms with van der Waals surface area (Å²) in [5, 5.41) is 126. The smallest absolute Gasteiger partial charge is 0.331 e. The van der Waals surface area contributed by atoms with Crippen LogP contribution in [0.5, 0.6) is 28.7 Å². The third kappa shape index (κ3) is 9.66. The third-order valence-electron chi connectivity index (χ3n) is 11.3. The van der Waals surface area contributed by atoms with Crippen LogP contribution in [0.1, 0.15) is 18.9 Å². The van der Waals surface area contributed by atoms with E-state index < -0.39 is 139 Å². The summed E-state index contributed by atoms with van der Waals surface area (Å²) in [6.45, 7) is 0.154. The van der Waals surface area contributed by atoms with Crippen molar-refractivity contribution in [2.24, 2.45) is 5.92 Å². The number of carbonyl (C=O) groups excluding carboxylic acids is 1. The Hall–Kier alpha value is -5.40. The van der Waals surface area contributed by atoms with Crippen molar-refractivity contribution < 1.29 is 98.9 Å². The maximum atomic E-state index is 14.0. The maximum Gasteiger partial charge on any atom is 0.331 e. The van der Waals surface area contributed by atoms with Crippen molar-refractivity contribution in [3.63, 3.8) is 0 Å². The molecule has 0 bridgehead atoms. The molecule has 0 amide bonds. The lowest BCUT2D eigenvalue weighted by molar-refractivity contribution is -0.329. The number of esters is 1. The molecule has 1 saturated carbocycles. The summed E-state index contributed by atoms with van der Waals surface area (Å²) in [6, 6.07) is 12.9. The lowest BCUT2D eigenvalue weighted by Gasteiger charge is -2.46. The third-order valence-corrected chi connectivity index (χ3v) is 11.3. The van der Waals surface area contributed by atoms with Crippen LogP contribution in [0.4, 0.5) is 0 Å². The number of ether oxygens (including phenoxy) is 6. The monoisotopic (exact) mass is 900 g/mol. The second-order valence-electron chi connectivity index (χ2n) is 15.8. The van der Waals surface area contributed by atoms with Crippen LogP contribution < -0.4 is 10.2 Å². The summed E-state index contributed by atoms with van der Waals surface area (Å²) >= 11 is 0. The van der Waals surface area contributed by atoms with E-state index in [1.54, 1.807) is 0 Å². The molecule has 1 aliphatic carbocycles. The fourth-order valence-electron chi connectivity index (χ4n) is 7.82. The molecule has 2 saturated heterocycles. The lowest BCUT2D eigenvalue weighted by Crippen LogP contribution is -2.63. The molecule has 2 aliphatic heterocycles. The Balaban J connectivity index is 1.15. The highest BCUT2D eigenvalue weighted by Gasteiger charge is 2.52. The normalized spacial score (nSPS) is 33.3. The molecule has 3 aliphatic rings. The van der Waals surface area contributed by atoms with Gasteiger partial charge < -0.3 is 94.1 Å². The van der Waals surface area contributed by atoms with E-state index in [1.807, 2.05) is 0 Å². The molecule has 3 fully saturated rings. The van der Waals surface area contributed by atoms with Gasteiger partial charge in [0, 0.05) is 36.3 Å². The van der Waals surface area contributed by atoms with Gasteiger partial charge in [-0.15, -0.1) is 0 Å². The standard InChI is InChI=1S/C43H48O21/c1-17-38(61-26-12-20(15-44)30(50)33(53)31(26)51)34(54)36(56)42(59-17)58-16-27-40(63-28(49)11-4-18-2-7-21(45)8-3-18)35(55)37(57)43(62-27)64-41-32(52)29-24(48)13-23(47)14-25(29)60-39(41)19-5-9-22(46)10-6-19/h2-11,13-14,17,20,26-27,30-31,33-38,40,42-48,50-51,53-57H,12,15-16H2,1H3/b11-4+/t17-,20+,26+,27+,30+,31-,33-,34-,35+,36+,37+,38-,40-,42+,43-/m0/s1. The molecule has 4 aromatic rings. The highest BCUT2D eigenvalue weighted by molar-refractivity contribution is 5.88. The minimum atomic E-state index is -2.09. The summed E-state index contributed by atoms with van der Waals surface area (Å²) in [7, 11) is 0. The van der Waals surface area contributed by atoms with Crippen LogP contribution in [-0.2, 0) is 28.5 Å². The van der Waals surface area contributed by atoms with Gasteiger partial charge in [-0.3, -0.25) is 4.79 Å². The molecule has 15 atom stereocenters. The van der Waals surface area contributed by atoms with E-state index in [0.29, 0.717) is 5.56 Å². The minimum Gasteiger partial charge on any atom is -0.508 e. The van der Waals surface area contributed by atoms with Crippen molar-refractivity contribution in [3.8, 4) is 40.1 Å². The number of hydrogen-bond acceptors (Lipinski definition) is 21. The van der Waals surface area contributed by atoms with Crippen molar-refractivity contribution in [1.29, 1.82) is 0 Å². The number of benzene rings is 3. The van der Waals surface area contributed by atoms with Gasteiger partial charge in [0.05, 0.1) is 24.9 Å². The Morgan fingerprint density at radius 1 is 0.750 bits per heavy atom. The zero-order chi connectivity index (χ0) is 46.1. The molecular formula is C43H48O21. The number of aliphatic hydroxyl groups is 8. The summed E-state index contributed by atoms with van der Waals surface area (Å²) < 4.78 is 40.9. The van der Waals surface area contributed by atoms with Gasteiger partial charge in [0.2, 0.25) is 17.5 Å². The molecule has 21 heteroatoms. The van der Waals surface area contributed by atoms with Crippen LogP contribution in [0.2, 0.25) is 0 Å².